The number of benzene rings is 1. The maximum absolute atomic E-state index is 12.4. The van der Waals surface area contributed by atoms with Gasteiger partial charge in [-0.1, -0.05) is 6.92 Å². The summed E-state index contributed by atoms with van der Waals surface area (Å²) >= 11 is 5.58. The first-order valence-corrected chi connectivity index (χ1v) is 10.2. The van der Waals surface area contributed by atoms with Crippen LogP contribution in [0, 0.1) is 3.57 Å². The van der Waals surface area contributed by atoms with Gasteiger partial charge in [0, 0.05) is 27.9 Å². The number of fused-ring (bicyclic) bond motifs is 1. The topological polar surface area (TPSA) is 71.5 Å². The molecule has 2 heterocycles. The molecule has 0 saturated carbocycles. The third-order valence-electron chi connectivity index (χ3n) is 3.93. The van der Waals surface area contributed by atoms with Gasteiger partial charge in [-0.2, -0.15) is 0 Å². The van der Waals surface area contributed by atoms with Crippen LogP contribution in [0.4, 0.5) is 5.82 Å². The van der Waals surface area contributed by atoms with Crippen LogP contribution in [0.25, 0.3) is 5.57 Å². The number of pyridine rings is 1. The second kappa shape index (κ2) is 8.39. The van der Waals surface area contributed by atoms with Crippen LogP contribution in [0.3, 0.4) is 0 Å². The molecule has 0 aliphatic carbocycles. The van der Waals surface area contributed by atoms with E-state index in [1.165, 1.54) is 0 Å². The highest BCUT2D eigenvalue weighted by atomic mass is 127. The van der Waals surface area contributed by atoms with Crippen molar-refractivity contribution >= 4 is 61.7 Å². The molecule has 8 heteroatoms. The van der Waals surface area contributed by atoms with E-state index in [0.29, 0.717) is 39.5 Å². The smallest absolute Gasteiger partial charge is 0.260 e. The number of amides is 2. The molecular formula is C19H17BrIN3O3. The fourth-order valence-corrected chi connectivity index (χ4v) is 3.53. The van der Waals surface area contributed by atoms with E-state index in [1.807, 2.05) is 31.2 Å². The van der Waals surface area contributed by atoms with Gasteiger partial charge in [-0.25, -0.2) is 4.98 Å². The number of nitrogens with zero attached hydrogens (tertiary/aromatic N) is 2. The molecule has 0 saturated heterocycles. The van der Waals surface area contributed by atoms with Crippen molar-refractivity contribution in [2.75, 3.05) is 18.6 Å². The first kappa shape index (κ1) is 19.8. The molecule has 140 valence electrons. The van der Waals surface area contributed by atoms with Crippen LogP contribution in [0.2, 0.25) is 0 Å². The predicted molar refractivity (Wildman–Crippen MR) is 116 cm³/mol. The number of ether oxygens (including phenoxy) is 1. The number of nitrogens with one attached hydrogen (secondary N) is 1. The summed E-state index contributed by atoms with van der Waals surface area (Å²) in [5.74, 6) is 0.491. The number of imide groups is 1. The minimum absolute atomic E-state index is 0.385. The van der Waals surface area contributed by atoms with Gasteiger partial charge in [-0.3, -0.25) is 14.9 Å². The third-order valence-corrected chi connectivity index (χ3v) is 5.17. The van der Waals surface area contributed by atoms with Crippen LogP contribution in [-0.4, -0.2) is 30.5 Å². The second-order valence-electron chi connectivity index (χ2n) is 5.93. The largest absolute Gasteiger partial charge is 0.491 e. The average molecular weight is 542 g/mol. The summed E-state index contributed by atoms with van der Waals surface area (Å²) in [6.07, 6.45) is 2.59. The summed E-state index contributed by atoms with van der Waals surface area (Å²) < 4.78 is 7.15. The average Bonchev–Trinajstić information content (AvgIpc) is 2.63. The molecule has 0 bridgehead atoms. The fraction of sp³-hybridized carbons (Fsp3) is 0.211. The Balaban J connectivity index is 1.95. The van der Waals surface area contributed by atoms with Crippen LogP contribution in [-0.2, 0) is 4.79 Å². The Morgan fingerprint density at radius 1 is 1.22 bits per heavy atom. The number of hydrogen-bond acceptors (Lipinski definition) is 5. The normalized spacial score (nSPS) is 14.7. The molecule has 2 amide bonds. The third kappa shape index (κ3) is 4.32. The van der Waals surface area contributed by atoms with E-state index in [0.717, 1.165) is 9.99 Å². The molecule has 27 heavy (non-hydrogen) atoms. The number of hydrogen-bond donors (Lipinski definition) is 1. The maximum Gasteiger partial charge on any atom is 0.260 e. The van der Waals surface area contributed by atoms with Crippen molar-refractivity contribution in [2.45, 2.75) is 13.3 Å². The Bertz CT molecular complexity index is 946. The molecule has 1 aliphatic rings. The van der Waals surface area contributed by atoms with E-state index in [9.17, 15) is 9.59 Å². The molecule has 0 unspecified atom stereocenters. The highest BCUT2D eigenvalue weighted by molar-refractivity contribution is 14.1. The van der Waals surface area contributed by atoms with Gasteiger partial charge < -0.3 is 9.64 Å². The molecule has 1 aromatic carbocycles. The Kier molecular flexibility index (Phi) is 6.15. The molecule has 3 rings (SSSR count). The summed E-state index contributed by atoms with van der Waals surface area (Å²) in [4.78, 5) is 30.7. The summed E-state index contributed by atoms with van der Waals surface area (Å²) in [5, 5.41) is 2.38. The maximum atomic E-state index is 12.4. The highest BCUT2D eigenvalue weighted by Gasteiger charge is 2.27. The summed E-state index contributed by atoms with van der Waals surface area (Å²) in [7, 11) is 1.80. The number of anilines is 1. The van der Waals surface area contributed by atoms with Crippen LogP contribution < -0.4 is 15.0 Å². The second-order valence-corrected chi connectivity index (χ2v) is 7.93. The zero-order chi connectivity index (χ0) is 19.6. The lowest BCUT2D eigenvalue weighted by atomic mass is 9.95. The Hall–Kier alpha value is -1.94. The summed E-state index contributed by atoms with van der Waals surface area (Å²) in [6.45, 7) is 2.65. The molecule has 1 N–H and O–H groups in total. The van der Waals surface area contributed by atoms with E-state index < -0.39 is 5.91 Å². The van der Waals surface area contributed by atoms with Gasteiger partial charge in [-0.15, -0.1) is 0 Å². The molecule has 2 aromatic rings. The van der Waals surface area contributed by atoms with Gasteiger partial charge in [-0.05, 0) is 75.3 Å². The summed E-state index contributed by atoms with van der Waals surface area (Å²) in [5.41, 5.74) is 1.51. The molecular weight excluding hydrogens is 525 g/mol. The number of aromatic nitrogens is 1. The van der Waals surface area contributed by atoms with Crippen molar-refractivity contribution in [2.24, 2.45) is 0 Å². The molecule has 1 aliphatic heterocycles. The molecule has 0 atom stereocenters. The lowest BCUT2D eigenvalue weighted by Gasteiger charge is -2.21. The van der Waals surface area contributed by atoms with E-state index >= 15 is 0 Å². The van der Waals surface area contributed by atoms with Gasteiger partial charge >= 0.3 is 0 Å². The van der Waals surface area contributed by atoms with Gasteiger partial charge in [0.15, 0.2) is 5.75 Å². The Labute approximate surface area is 179 Å². The van der Waals surface area contributed by atoms with Crippen LogP contribution in [0.15, 0.2) is 41.1 Å². The van der Waals surface area contributed by atoms with Crippen molar-refractivity contribution in [3.05, 3.63) is 55.8 Å². The minimum atomic E-state index is -0.427. The quantitative estimate of drug-likeness (QED) is 0.268. The molecule has 0 radical (unpaired) electrons. The SMILES string of the molecule is CCCOc1ccc(N(C)C=C2C(=O)NC(=O)c3ccc(I)cc32)nc1Br. The fourth-order valence-electron chi connectivity index (χ4n) is 2.61. The van der Waals surface area contributed by atoms with E-state index in [4.69, 9.17) is 4.74 Å². The monoisotopic (exact) mass is 541 g/mol. The van der Waals surface area contributed by atoms with Crippen LogP contribution in [0.5, 0.6) is 5.75 Å². The van der Waals surface area contributed by atoms with Gasteiger partial charge in [0.2, 0.25) is 0 Å². The van der Waals surface area contributed by atoms with Crippen LogP contribution >= 0.6 is 38.5 Å². The number of carbonyl (C=O) groups excluding carboxylic acids is 2. The number of carbonyl (C=O) groups is 2. The summed E-state index contributed by atoms with van der Waals surface area (Å²) in [6, 6.07) is 9.04. The molecule has 6 nitrogen and oxygen atoms in total. The van der Waals surface area contributed by atoms with E-state index in [2.05, 4.69) is 48.8 Å². The van der Waals surface area contributed by atoms with E-state index in [-0.39, 0.29) is 5.91 Å². The lowest BCUT2D eigenvalue weighted by molar-refractivity contribution is -0.114. The van der Waals surface area contributed by atoms with Crippen LogP contribution in [0.1, 0.15) is 29.3 Å². The van der Waals surface area contributed by atoms with Crippen molar-refractivity contribution in [1.29, 1.82) is 0 Å². The lowest BCUT2D eigenvalue weighted by Crippen LogP contribution is -2.37. The predicted octanol–water partition coefficient (Wildman–Crippen LogP) is 3.98. The van der Waals surface area contributed by atoms with Crippen molar-refractivity contribution in [3.63, 3.8) is 0 Å². The van der Waals surface area contributed by atoms with Crippen molar-refractivity contribution < 1.29 is 14.3 Å². The number of rotatable bonds is 5. The van der Waals surface area contributed by atoms with Gasteiger partial charge in [0.25, 0.3) is 11.8 Å². The molecule has 0 fully saturated rings. The standard InChI is InChI=1S/C19H17BrIN3O3/c1-3-8-27-15-6-7-16(22-17(15)20)24(2)10-14-13-9-11(21)4-5-12(13)18(25)23-19(14)26/h4-7,9-10H,3,8H2,1-2H3,(H,23,25,26). The Morgan fingerprint density at radius 3 is 2.70 bits per heavy atom. The zero-order valence-electron chi connectivity index (χ0n) is 14.8. The van der Waals surface area contributed by atoms with Gasteiger partial charge in [0.05, 0.1) is 12.2 Å². The first-order chi connectivity index (χ1) is 12.9. The minimum Gasteiger partial charge on any atom is -0.491 e. The van der Waals surface area contributed by atoms with E-state index in [1.54, 1.807) is 24.2 Å². The Morgan fingerprint density at radius 2 is 2.00 bits per heavy atom. The molecule has 1 aromatic heterocycles. The van der Waals surface area contributed by atoms with Gasteiger partial charge in [0.1, 0.15) is 10.4 Å². The van der Waals surface area contributed by atoms with Crippen molar-refractivity contribution in [3.8, 4) is 5.75 Å². The van der Waals surface area contributed by atoms with Crippen molar-refractivity contribution in [1.82, 2.24) is 10.3 Å². The first-order valence-electron chi connectivity index (χ1n) is 8.30. The highest BCUT2D eigenvalue weighted by Crippen LogP contribution is 2.29. The molecule has 0 spiro atoms. The number of halogens is 2. The zero-order valence-corrected chi connectivity index (χ0v) is 18.5.